The predicted molar refractivity (Wildman–Crippen MR) is 86.8 cm³/mol. The van der Waals surface area contributed by atoms with Crippen LogP contribution in [0.3, 0.4) is 0 Å². The first-order valence-corrected chi connectivity index (χ1v) is 9.44. The molecule has 22 heavy (non-hydrogen) atoms. The molecule has 0 radical (unpaired) electrons. The van der Waals surface area contributed by atoms with Crippen LogP contribution in [0.1, 0.15) is 29.6 Å². The number of benzene rings is 1. The van der Waals surface area contributed by atoms with E-state index in [2.05, 4.69) is 4.90 Å². The van der Waals surface area contributed by atoms with Crippen LogP contribution >= 0.6 is 0 Å². The first-order chi connectivity index (χ1) is 10.3. The van der Waals surface area contributed by atoms with Gasteiger partial charge >= 0.3 is 0 Å². The summed E-state index contributed by atoms with van der Waals surface area (Å²) in [6.07, 6.45) is 4.29. The van der Waals surface area contributed by atoms with E-state index < -0.39 is 9.84 Å². The Morgan fingerprint density at radius 2 is 2.05 bits per heavy atom. The van der Waals surface area contributed by atoms with E-state index in [4.69, 9.17) is 0 Å². The highest BCUT2D eigenvalue weighted by Crippen LogP contribution is 2.21. The van der Waals surface area contributed by atoms with Crippen LogP contribution in [0.5, 0.6) is 0 Å². The Hall–Kier alpha value is -1.40. The Morgan fingerprint density at radius 1 is 1.32 bits per heavy atom. The zero-order valence-corrected chi connectivity index (χ0v) is 14.3. The lowest BCUT2D eigenvalue weighted by Crippen LogP contribution is -2.48. The number of carbonyl (C=O) groups is 1. The van der Waals surface area contributed by atoms with Crippen LogP contribution in [0.4, 0.5) is 0 Å². The number of piperidine rings is 1. The number of carbonyl (C=O) groups excluding carboxylic acids is 1. The summed E-state index contributed by atoms with van der Waals surface area (Å²) in [4.78, 5) is 17.0. The van der Waals surface area contributed by atoms with E-state index in [0.717, 1.165) is 38.6 Å². The average molecular weight is 324 g/mol. The van der Waals surface area contributed by atoms with Gasteiger partial charge < -0.3 is 9.80 Å². The van der Waals surface area contributed by atoms with E-state index in [1.54, 1.807) is 12.1 Å². The monoisotopic (exact) mass is 324 g/mol. The molecule has 1 aliphatic rings. The highest BCUT2D eigenvalue weighted by atomic mass is 32.2. The van der Waals surface area contributed by atoms with Crippen LogP contribution in [0.25, 0.3) is 0 Å². The summed E-state index contributed by atoms with van der Waals surface area (Å²) < 4.78 is 23.3. The van der Waals surface area contributed by atoms with Gasteiger partial charge in [-0.1, -0.05) is 6.07 Å². The molecule has 1 heterocycles. The summed E-state index contributed by atoms with van der Waals surface area (Å²) in [5.74, 6) is -0.0722. The van der Waals surface area contributed by atoms with Gasteiger partial charge in [-0.3, -0.25) is 4.79 Å². The Bertz CT molecular complexity index is 641. The SMILES string of the molecule is CN(C)C[C@@H]1CCCCN1C(=O)c1cccc(S(C)(=O)=O)c1. The van der Waals surface area contributed by atoms with Crippen LogP contribution in [0.15, 0.2) is 29.2 Å². The maximum atomic E-state index is 12.8. The molecule has 0 aromatic heterocycles. The van der Waals surface area contributed by atoms with Crippen molar-refractivity contribution in [2.45, 2.75) is 30.2 Å². The number of hydrogen-bond acceptors (Lipinski definition) is 4. The van der Waals surface area contributed by atoms with Crippen molar-refractivity contribution >= 4 is 15.7 Å². The van der Waals surface area contributed by atoms with Gasteiger partial charge in [-0.05, 0) is 51.6 Å². The minimum absolute atomic E-state index is 0.0722. The van der Waals surface area contributed by atoms with E-state index in [1.807, 2.05) is 19.0 Å². The van der Waals surface area contributed by atoms with Crippen molar-refractivity contribution in [3.8, 4) is 0 Å². The third-order valence-electron chi connectivity index (χ3n) is 3.97. The van der Waals surface area contributed by atoms with Crippen molar-refractivity contribution in [3.63, 3.8) is 0 Å². The number of likely N-dealkylation sites (tertiary alicyclic amines) is 1. The largest absolute Gasteiger partial charge is 0.334 e. The Balaban J connectivity index is 2.26. The summed E-state index contributed by atoms with van der Waals surface area (Å²) in [5, 5.41) is 0. The van der Waals surface area contributed by atoms with Gasteiger partial charge in [0.1, 0.15) is 0 Å². The molecule has 1 saturated heterocycles. The van der Waals surface area contributed by atoms with Crippen molar-refractivity contribution in [2.24, 2.45) is 0 Å². The first-order valence-electron chi connectivity index (χ1n) is 7.55. The third-order valence-corrected chi connectivity index (χ3v) is 5.08. The molecule has 0 N–H and O–H groups in total. The average Bonchev–Trinajstić information content (AvgIpc) is 2.46. The first kappa shape index (κ1) is 17.0. The second-order valence-corrected chi connectivity index (χ2v) is 8.23. The normalized spacial score (nSPS) is 19.5. The quantitative estimate of drug-likeness (QED) is 0.845. The number of amides is 1. The number of nitrogens with zero attached hydrogens (tertiary/aromatic N) is 2. The van der Waals surface area contributed by atoms with Crippen LogP contribution in [-0.2, 0) is 9.84 Å². The van der Waals surface area contributed by atoms with Crippen molar-refractivity contribution in [1.82, 2.24) is 9.80 Å². The summed E-state index contributed by atoms with van der Waals surface area (Å²) >= 11 is 0. The van der Waals surface area contributed by atoms with Gasteiger partial charge in [-0.15, -0.1) is 0 Å². The van der Waals surface area contributed by atoms with E-state index in [1.165, 1.54) is 12.1 Å². The molecule has 1 aromatic carbocycles. The van der Waals surface area contributed by atoms with Crippen LogP contribution in [0.2, 0.25) is 0 Å². The topological polar surface area (TPSA) is 57.7 Å². The van der Waals surface area contributed by atoms with E-state index in [0.29, 0.717) is 5.56 Å². The molecule has 0 bridgehead atoms. The van der Waals surface area contributed by atoms with Crippen molar-refractivity contribution < 1.29 is 13.2 Å². The van der Waals surface area contributed by atoms with Crippen LogP contribution in [-0.4, -0.2) is 63.6 Å². The number of rotatable bonds is 4. The fourth-order valence-electron chi connectivity index (χ4n) is 2.90. The molecular formula is C16H24N2O3S. The third kappa shape index (κ3) is 4.08. The molecule has 1 aliphatic heterocycles. The lowest BCUT2D eigenvalue weighted by atomic mass is 10.0. The van der Waals surface area contributed by atoms with Crippen LogP contribution in [0, 0.1) is 0 Å². The second kappa shape index (κ2) is 6.79. The second-order valence-electron chi connectivity index (χ2n) is 6.21. The molecule has 2 rings (SSSR count). The Kier molecular flexibility index (Phi) is 5.24. The zero-order chi connectivity index (χ0) is 16.3. The lowest BCUT2D eigenvalue weighted by Gasteiger charge is -2.37. The molecule has 1 aromatic rings. The van der Waals surface area contributed by atoms with Crippen molar-refractivity contribution in [1.29, 1.82) is 0 Å². The smallest absolute Gasteiger partial charge is 0.254 e. The van der Waals surface area contributed by atoms with Gasteiger partial charge in [0.2, 0.25) is 0 Å². The maximum Gasteiger partial charge on any atom is 0.254 e. The molecule has 0 spiro atoms. The maximum absolute atomic E-state index is 12.8. The van der Waals surface area contributed by atoms with E-state index >= 15 is 0 Å². The summed E-state index contributed by atoms with van der Waals surface area (Å²) in [6.45, 7) is 1.57. The van der Waals surface area contributed by atoms with Gasteiger partial charge in [-0.25, -0.2) is 8.42 Å². The number of sulfone groups is 1. The highest BCUT2D eigenvalue weighted by molar-refractivity contribution is 7.90. The molecule has 0 aliphatic carbocycles. The molecule has 0 unspecified atom stereocenters. The fourth-order valence-corrected chi connectivity index (χ4v) is 3.57. The molecule has 1 fully saturated rings. The molecule has 5 nitrogen and oxygen atoms in total. The zero-order valence-electron chi connectivity index (χ0n) is 13.4. The van der Waals surface area contributed by atoms with Gasteiger partial charge in [0.05, 0.1) is 4.90 Å². The van der Waals surface area contributed by atoms with E-state index in [9.17, 15) is 13.2 Å². The number of likely N-dealkylation sites (N-methyl/N-ethyl adjacent to an activating group) is 1. The molecule has 1 atom stereocenters. The molecule has 1 amide bonds. The van der Waals surface area contributed by atoms with Gasteiger partial charge in [-0.2, -0.15) is 0 Å². The summed E-state index contributed by atoms with van der Waals surface area (Å²) in [6, 6.07) is 6.53. The molecule has 0 saturated carbocycles. The molecule has 122 valence electrons. The summed E-state index contributed by atoms with van der Waals surface area (Å²) in [7, 11) is 0.702. The van der Waals surface area contributed by atoms with Crippen molar-refractivity contribution in [3.05, 3.63) is 29.8 Å². The predicted octanol–water partition coefficient (Wildman–Crippen LogP) is 1.65. The van der Waals surface area contributed by atoms with Crippen LogP contribution < -0.4 is 0 Å². The minimum Gasteiger partial charge on any atom is -0.334 e. The van der Waals surface area contributed by atoms with Gasteiger partial charge in [0.25, 0.3) is 5.91 Å². The highest BCUT2D eigenvalue weighted by Gasteiger charge is 2.28. The van der Waals surface area contributed by atoms with Crippen molar-refractivity contribution in [2.75, 3.05) is 33.4 Å². The van der Waals surface area contributed by atoms with E-state index in [-0.39, 0.29) is 16.8 Å². The summed E-state index contributed by atoms with van der Waals surface area (Å²) in [5.41, 5.74) is 0.452. The lowest BCUT2D eigenvalue weighted by molar-refractivity contribution is 0.0574. The minimum atomic E-state index is -3.30. The molecule has 6 heteroatoms. The Morgan fingerprint density at radius 3 is 2.68 bits per heavy atom. The van der Waals surface area contributed by atoms with Gasteiger partial charge in [0, 0.05) is 31.0 Å². The molecular weight excluding hydrogens is 300 g/mol. The standard InChI is InChI=1S/C16H24N2O3S/c1-17(2)12-14-8-4-5-10-18(14)16(19)13-7-6-9-15(11-13)22(3,20)21/h6-7,9,11,14H,4-5,8,10,12H2,1-3H3/t14-/m0/s1. The Labute approximate surface area is 132 Å². The number of hydrogen-bond donors (Lipinski definition) is 0. The fraction of sp³-hybridized carbons (Fsp3) is 0.562. The van der Waals surface area contributed by atoms with Gasteiger partial charge in [0.15, 0.2) is 9.84 Å².